The summed E-state index contributed by atoms with van der Waals surface area (Å²) in [4.78, 5) is 11.2. The summed E-state index contributed by atoms with van der Waals surface area (Å²) in [5, 5.41) is 1.71. The fraction of sp³-hybridized carbons (Fsp3) is 0.222. The second kappa shape index (κ2) is 3.28. The first-order chi connectivity index (χ1) is 6.66. The summed E-state index contributed by atoms with van der Waals surface area (Å²) in [6, 6.07) is 7.25. The van der Waals surface area contributed by atoms with E-state index in [9.17, 15) is 4.79 Å². The van der Waals surface area contributed by atoms with Gasteiger partial charge in [-0.15, -0.1) is 0 Å². The second-order valence-corrected chi connectivity index (χ2v) is 3.25. The first kappa shape index (κ1) is 8.98. The van der Waals surface area contributed by atoms with Crippen molar-refractivity contribution in [3.8, 4) is 0 Å². The van der Waals surface area contributed by atoms with Gasteiger partial charge in [-0.1, -0.05) is 0 Å². The number of nitrogens with one attached hydrogen (secondary N) is 1. The molecule has 0 aliphatic carbocycles. The van der Waals surface area contributed by atoms with Gasteiger partial charge < -0.3 is 11.5 Å². The second-order valence-electron chi connectivity index (χ2n) is 3.25. The fourth-order valence-electron chi connectivity index (χ4n) is 1.36. The van der Waals surface area contributed by atoms with E-state index in [0.717, 1.165) is 5.69 Å². The number of Topliss-reactive ketones (excluding diaryl/α,β-unsaturated/α-hetero) is 1. The number of carbonyl (C=O) groups excluding carboxylic acids is 1. The van der Waals surface area contributed by atoms with Crippen LogP contribution in [0.15, 0.2) is 24.3 Å². The first-order valence-corrected chi connectivity index (χ1v) is 4.34. The lowest BCUT2D eigenvalue weighted by Crippen LogP contribution is -2.41. The number of benzene rings is 1. The van der Waals surface area contributed by atoms with Gasteiger partial charge in [0.05, 0.1) is 12.2 Å². The van der Waals surface area contributed by atoms with Crippen LogP contribution in [-0.4, -0.2) is 18.5 Å². The molecular weight excluding hydrogens is 180 g/mol. The van der Waals surface area contributed by atoms with E-state index >= 15 is 0 Å². The summed E-state index contributed by atoms with van der Waals surface area (Å²) in [5.41, 5.74) is 15.5. The molecule has 14 heavy (non-hydrogen) atoms. The normalized spacial score (nSPS) is 21.6. The van der Waals surface area contributed by atoms with Gasteiger partial charge in [0, 0.05) is 5.69 Å². The summed E-state index contributed by atoms with van der Waals surface area (Å²) in [6.07, 6.45) is -0.590. The Labute approximate surface area is 81.6 Å². The molecule has 0 aromatic heterocycles. The molecule has 5 N–H and O–H groups in total. The van der Waals surface area contributed by atoms with Crippen LogP contribution in [0.4, 0.5) is 11.4 Å². The molecule has 0 bridgehead atoms. The van der Waals surface area contributed by atoms with E-state index < -0.39 is 6.17 Å². The van der Waals surface area contributed by atoms with Gasteiger partial charge in [-0.25, -0.2) is 5.43 Å². The van der Waals surface area contributed by atoms with Crippen LogP contribution in [0.1, 0.15) is 0 Å². The molecule has 1 aliphatic rings. The lowest BCUT2D eigenvalue weighted by Gasteiger charge is -2.17. The standard InChI is InChI=1S/C9H12N4O/c10-6-1-3-7(4-2-6)13-5-8(14)9(11)12-13/h1-4,9,12H,5,10-11H2. The Balaban J connectivity index is 2.17. The van der Waals surface area contributed by atoms with Gasteiger partial charge in [-0.05, 0) is 24.3 Å². The van der Waals surface area contributed by atoms with E-state index in [1.165, 1.54) is 0 Å². The van der Waals surface area contributed by atoms with Gasteiger partial charge >= 0.3 is 0 Å². The summed E-state index contributed by atoms with van der Waals surface area (Å²) in [6.45, 7) is 0.297. The van der Waals surface area contributed by atoms with Crippen LogP contribution < -0.4 is 21.9 Å². The lowest BCUT2D eigenvalue weighted by atomic mass is 10.3. The van der Waals surface area contributed by atoms with E-state index in [-0.39, 0.29) is 5.78 Å². The average molecular weight is 192 g/mol. The van der Waals surface area contributed by atoms with Crippen molar-refractivity contribution >= 4 is 17.2 Å². The van der Waals surface area contributed by atoms with Crippen molar-refractivity contribution < 1.29 is 4.79 Å². The van der Waals surface area contributed by atoms with Gasteiger partial charge in [-0.3, -0.25) is 9.80 Å². The zero-order valence-electron chi connectivity index (χ0n) is 7.60. The minimum absolute atomic E-state index is 0.0122. The van der Waals surface area contributed by atoms with Gasteiger partial charge in [-0.2, -0.15) is 0 Å². The lowest BCUT2D eigenvalue weighted by molar-refractivity contribution is -0.117. The minimum atomic E-state index is -0.590. The molecule has 1 fully saturated rings. The van der Waals surface area contributed by atoms with Crippen LogP contribution in [0.3, 0.4) is 0 Å². The number of rotatable bonds is 1. The largest absolute Gasteiger partial charge is 0.399 e. The Hall–Kier alpha value is -1.59. The Morgan fingerprint density at radius 2 is 2.00 bits per heavy atom. The number of hydrogen-bond donors (Lipinski definition) is 3. The highest BCUT2D eigenvalue weighted by Crippen LogP contribution is 2.16. The van der Waals surface area contributed by atoms with Crippen molar-refractivity contribution in [2.75, 3.05) is 17.3 Å². The SMILES string of the molecule is Nc1ccc(N2CC(=O)C(N)N2)cc1. The molecule has 1 aromatic rings. The molecule has 1 aromatic carbocycles. The zero-order chi connectivity index (χ0) is 10.1. The predicted octanol–water partition coefficient (Wildman–Crippen LogP) is -0.553. The summed E-state index contributed by atoms with van der Waals surface area (Å²) >= 11 is 0. The van der Waals surface area contributed by atoms with E-state index in [1.54, 1.807) is 17.1 Å². The molecule has 1 saturated heterocycles. The first-order valence-electron chi connectivity index (χ1n) is 4.34. The summed E-state index contributed by atoms with van der Waals surface area (Å²) in [7, 11) is 0. The molecule has 0 radical (unpaired) electrons. The molecule has 1 unspecified atom stereocenters. The van der Waals surface area contributed by atoms with Crippen LogP contribution >= 0.6 is 0 Å². The molecule has 1 aliphatic heterocycles. The number of nitrogen functional groups attached to an aromatic ring is 1. The molecule has 0 saturated carbocycles. The maximum atomic E-state index is 11.2. The number of nitrogens with two attached hydrogens (primary N) is 2. The van der Waals surface area contributed by atoms with E-state index in [2.05, 4.69) is 5.43 Å². The summed E-state index contributed by atoms with van der Waals surface area (Å²) in [5.74, 6) is -0.0122. The van der Waals surface area contributed by atoms with Gasteiger partial charge in [0.25, 0.3) is 0 Å². The smallest absolute Gasteiger partial charge is 0.186 e. The Bertz CT molecular complexity index is 348. The number of anilines is 2. The van der Waals surface area contributed by atoms with Crippen molar-refractivity contribution in [1.29, 1.82) is 0 Å². The third-order valence-corrected chi connectivity index (χ3v) is 2.16. The maximum absolute atomic E-state index is 11.2. The Morgan fingerprint density at radius 3 is 2.50 bits per heavy atom. The third kappa shape index (κ3) is 1.55. The van der Waals surface area contributed by atoms with E-state index in [4.69, 9.17) is 11.5 Å². The van der Waals surface area contributed by atoms with Crippen LogP contribution in [0, 0.1) is 0 Å². The maximum Gasteiger partial charge on any atom is 0.186 e. The van der Waals surface area contributed by atoms with Crippen LogP contribution in [0.5, 0.6) is 0 Å². The highest BCUT2D eigenvalue weighted by Gasteiger charge is 2.26. The molecular formula is C9H12N4O. The number of hydrazine groups is 1. The number of carbonyl (C=O) groups is 1. The molecule has 5 nitrogen and oxygen atoms in total. The monoisotopic (exact) mass is 192 g/mol. The van der Waals surface area contributed by atoms with E-state index in [1.807, 2.05) is 12.1 Å². The minimum Gasteiger partial charge on any atom is -0.399 e. The number of ketones is 1. The molecule has 0 spiro atoms. The van der Waals surface area contributed by atoms with Crippen LogP contribution in [0.25, 0.3) is 0 Å². The van der Waals surface area contributed by atoms with Crippen molar-refractivity contribution in [2.24, 2.45) is 5.73 Å². The molecule has 1 atom stereocenters. The quantitative estimate of drug-likeness (QED) is 0.520. The van der Waals surface area contributed by atoms with Gasteiger partial charge in [0.2, 0.25) is 0 Å². The van der Waals surface area contributed by atoms with E-state index in [0.29, 0.717) is 12.2 Å². The molecule has 2 rings (SSSR count). The molecule has 1 heterocycles. The summed E-state index contributed by atoms with van der Waals surface area (Å²) < 4.78 is 0. The Morgan fingerprint density at radius 1 is 1.36 bits per heavy atom. The molecule has 74 valence electrons. The number of hydrogen-bond acceptors (Lipinski definition) is 5. The predicted molar refractivity (Wildman–Crippen MR) is 54.3 cm³/mol. The highest BCUT2D eigenvalue weighted by atomic mass is 16.1. The zero-order valence-corrected chi connectivity index (χ0v) is 7.60. The van der Waals surface area contributed by atoms with Gasteiger partial charge in [0.1, 0.15) is 6.17 Å². The molecule has 5 heteroatoms. The Kier molecular flexibility index (Phi) is 2.11. The number of nitrogens with zero attached hydrogens (tertiary/aromatic N) is 1. The topological polar surface area (TPSA) is 84.4 Å². The van der Waals surface area contributed by atoms with Crippen molar-refractivity contribution in [2.45, 2.75) is 6.17 Å². The molecule has 0 amide bonds. The fourth-order valence-corrected chi connectivity index (χ4v) is 1.36. The highest BCUT2D eigenvalue weighted by molar-refractivity contribution is 5.90. The average Bonchev–Trinajstić information content (AvgIpc) is 2.48. The van der Waals surface area contributed by atoms with Crippen molar-refractivity contribution in [3.63, 3.8) is 0 Å². The van der Waals surface area contributed by atoms with Crippen LogP contribution in [-0.2, 0) is 4.79 Å². The van der Waals surface area contributed by atoms with Gasteiger partial charge in [0.15, 0.2) is 5.78 Å². The third-order valence-electron chi connectivity index (χ3n) is 2.16. The van der Waals surface area contributed by atoms with Crippen molar-refractivity contribution in [3.05, 3.63) is 24.3 Å². The van der Waals surface area contributed by atoms with Crippen molar-refractivity contribution in [1.82, 2.24) is 5.43 Å². The van der Waals surface area contributed by atoms with Crippen LogP contribution in [0.2, 0.25) is 0 Å².